The lowest BCUT2D eigenvalue weighted by atomic mass is 9.94. The van der Waals surface area contributed by atoms with E-state index in [1.807, 2.05) is 13.8 Å². The maximum Gasteiger partial charge on any atom is 0.127 e. The van der Waals surface area contributed by atoms with Crippen molar-refractivity contribution < 1.29 is 9.53 Å². The van der Waals surface area contributed by atoms with E-state index in [4.69, 9.17) is 4.74 Å². The standard InChI is InChI=1S/C12H25NO2/c1-6-13-7-11(2,3)9-15-10-12(4,5)8-14/h8,13H,6-7,9-10H2,1-5H3. The van der Waals surface area contributed by atoms with Crippen molar-refractivity contribution in [2.75, 3.05) is 26.3 Å². The van der Waals surface area contributed by atoms with Gasteiger partial charge in [0.1, 0.15) is 6.29 Å². The fourth-order valence-corrected chi connectivity index (χ4v) is 1.14. The lowest BCUT2D eigenvalue weighted by Gasteiger charge is -2.26. The van der Waals surface area contributed by atoms with E-state index < -0.39 is 0 Å². The Balaban J connectivity index is 3.79. The number of hydrogen-bond donors (Lipinski definition) is 1. The van der Waals surface area contributed by atoms with E-state index in [0.29, 0.717) is 13.2 Å². The Labute approximate surface area is 93.6 Å². The lowest BCUT2D eigenvalue weighted by Crippen LogP contribution is -2.34. The van der Waals surface area contributed by atoms with Gasteiger partial charge in [-0.15, -0.1) is 0 Å². The van der Waals surface area contributed by atoms with Crippen molar-refractivity contribution in [2.45, 2.75) is 34.6 Å². The molecule has 15 heavy (non-hydrogen) atoms. The van der Waals surface area contributed by atoms with Gasteiger partial charge >= 0.3 is 0 Å². The minimum atomic E-state index is -0.367. The summed E-state index contributed by atoms with van der Waals surface area (Å²) in [5.74, 6) is 0. The van der Waals surface area contributed by atoms with Crippen LogP contribution in [0.5, 0.6) is 0 Å². The van der Waals surface area contributed by atoms with Gasteiger partial charge in [-0.05, 0) is 6.54 Å². The first kappa shape index (κ1) is 14.6. The third kappa shape index (κ3) is 7.51. The summed E-state index contributed by atoms with van der Waals surface area (Å²) in [6, 6.07) is 0. The molecule has 0 aliphatic heterocycles. The molecule has 1 N–H and O–H groups in total. The zero-order valence-corrected chi connectivity index (χ0v) is 10.7. The van der Waals surface area contributed by atoms with Crippen LogP contribution in [-0.4, -0.2) is 32.6 Å². The maximum atomic E-state index is 10.7. The molecule has 0 rings (SSSR count). The first-order valence-corrected chi connectivity index (χ1v) is 5.58. The first-order valence-electron chi connectivity index (χ1n) is 5.58. The minimum Gasteiger partial charge on any atom is -0.380 e. The Morgan fingerprint density at radius 1 is 1.20 bits per heavy atom. The van der Waals surface area contributed by atoms with Crippen molar-refractivity contribution >= 4 is 6.29 Å². The number of nitrogens with one attached hydrogen (secondary N) is 1. The van der Waals surface area contributed by atoms with Crippen LogP contribution >= 0.6 is 0 Å². The second kappa shape index (κ2) is 6.23. The van der Waals surface area contributed by atoms with Gasteiger partial charge in [0.25, 0.3) is 0 Å². The zero-order chi connectivity index (χ0) is 11.9. The first-order chi connectivity index (χ1) is 6.83. The lowest BCUT2D eigenvalue weighted by molar-refractivity contribution is -0.118. The fourth-order valence-electron chi connectivity index (χ4n) is 1.14. The summed E-state index contributed by atoms with van der Waals surface area (Å²) >= 11 is 0. The Morgan fingerprint density at radius 2 is 1.80 bits per heavy atom. The molecule has 0 heterocycles. The molecule has 0 radical (unpaired) electrons. The summed E-state index contributed by atoms with van der Waals surface area (Å²) in [5.41, 5.74) is -0.247. The molecule has 0 aliphatic carbocycles. The van der Waals surface area contributed by atoms with Crippen molar-refractivity contribution in [3.05, 3.63) is 0 Å². The highest BCUT2D eigenvalue weighted by molar-refractivity contribution is 5.57. The Hall–Kier alpha value is -0.410. The predicted molar refractivity (Wildman–Crippen MR) is 63.0 cm³/mol. The number of ether oxygens (including phenoxy) is 1. The van der Waals surface area contributed by atoms with Crippen molar-refractivity contribution in [3.8, 4) is 0 Å². The second-order valence-electron chi connectivity index (χ2n) is 5.54. The summed E-state index contributed by atoms with van der Waals surface area (Å²) in [4.78, 5) is 10.7. The van der Waals surface area contributed by atoms with E-state index in [0.717, 1.165) is 19.4 Å². The van der Waals surface area contributed by atoms with Gasteiger partial charge < -0.3 is 14.8 Å². The molecular formula is C12H25NO2. The molecular weight excluding hydrogens is 190 g/mol. The van der Waals surface area contributed by atoms with Crippen LogP contribution in [0.2, 0.25) is 0 Å². The van der Waals surface area contributed by atoms with Gasteiger partial charge in [-0.1, -0.05) is 34.6 Å². The summed E-state index contributed by atoms with van der Waals surface area (Å²) in [7, 11) is 0. The number of carbonyl (C=O) groups excluding carboxylic acids is 1. The number of hydrogen-bond acceptors (Lipinski definition) is 3. The van der Waals surface area contributed by atoms with Crippen LogP contribution < -0.4 is 5.32 Å². The molecule has 90 valence electrons. The third-order valence-electron chi connectivity index (χ3n) is 2.14. The predicted octanol–water partition coefficient (Wildman–Crippen LogP) is 1.86. The Bertz CT molecular complexity index is 188. The molecule has 0 bridgehead atoms. The van der Waals surface area contributed by atoms with Crippen LogP contribution in [0.1, 0.15) is 34.6 Å². The molecule has 0 fully saturated rings. The van der Waals surface area contributed by atoms with E-state index >= 15 is 0 Å². The smallest absolute Gasteiger partial charge is 0.127 e. The SMILES string of the molecule is CCNCC(C)(C)COCC(C)(C)C=O. The second-order valence-corrected chi connectivity index (χ2v) is 5.54. The van der Waals surface area contributed by atoms with E-state index in [-0.39, 0.29) is 10.8 Å². The van der Waals surface area contributed by atoms with Crippen molar-refractivity contribution in [3.63, 3.8) is 0 Å². The normalized spacial score (nSPS) is 12.9. The van der Waals surface area contributed by atoms with Gasteiger partial charge in [-0.3, -0.25) is 0 Å². The monoisotopic (exact) mass is 215 g/mol. The molecule has 3 heteroatoms. The average molecular weight is 215 g/mol. The quantitative estimate of drug-likeness (QED) is 0.628. The molecule has 0 amide bonds. The van der Waals surface area contributed by atoms with Gasteiger partial charge in [-0.2, -0.15) is 0 Å². The molecule has 0 unspecified atom stereocenters. The molecule has 0 saturated carbocycles. The van der Waals surface area contributed by atoms with Crippen molar-refractivity contribution in [1.82, 2.24) is 5.32 Å². The van der Waals surface area contributed by atoms with Crippen LogP contribution in [0, 0.1) is 10.8 Å². The fraction of sp³-hybridized carbons (Fsp3) is 0.917. The van der Waals surface area contributed by atoms with Gasteiger partial charge in [-0.25, -0.2) is 0 Å². The highest BCUT2D eigenvalue weighted by Crippen LogP contribution is 2.17. The van der Waals surface area contributed by atoms with Gasteiger partial charge in [0.2, 0.25) is 0 Å². The molecule has 0 aromatic carbocycles. The average Bonchev–Trinajstić information content (AvgIpc) is 2.14. The molecule has 0 aromatic heterocycles. The van der Waals surface area contributed by atoms with E-state index in [9.17, 15) is 4.79 Å². The highest BCUT2D eigenvalue weighted by atomic mass is 16.5. The van der Waals surface area contributed by atoms with Gasteiger partial charge in [0.15, 0.2) is 0 Å². The number of carbonyl (C=O) groups is 1. The van der Waals surface area contributed by atoms with Crippen LogP contribution in [0.3, 0.4) is 0 Å². The van der Waals surface area contributed by atoms with Crippen molar-refractivity contribution in [1.29, 1.82) is 0 Å². The Morgan fingerprint density at radius 3 is 2.27 bits per heavy atom. The molecule has 0 aliphatic rings. The largest absolute Gasteiger partial charge is 0.380 e. The van der Waals surface area contributed by atoms with Crippen LogP contribution in [0.25, 0.3) is 0 Å². The number of aldehydes is 1. The van der Waals surface area contributed by atoms with Gasteiger partial charge in [0.05, 0.1) is 13.2 Å². The van der Waals surface area contributed by atoms with E-state index in [1.54, 1.807) is 0 Å². The van der Waals surface area contributed by atoms with E-state index in [1.165, 1.54) is 0 Å². The summed E-state index contributed by atoms with van der Waals surface area (Å²) in [6.07, 6.45) is 0.949. The number of rotatable bonds is 8. The molecule has 3 nitrogen and oxygen atoms in total. The van der Waals surface area contributed by atoms with Crippen LogP contribution in [0.15, 0.2) is 0 Å². The minimum absolute atomic E-state index is 0.120. The van der Waals surface area contributed by atoms with Crippen LogP contribution in [0.4, 0.5) is 0 Å². The highest BCUT2D eigenvalue weighted by Gasteiger charge is 2.21. The summed E-state index contributed by atoms with van der Waals surface area (Å²) < 4.78 is 5.58. The summed E-state index contributed by atoms with van der Waals surface area (Å²) in [5, 5.41) is 3.30. The topological polar surface area (TPSA) is 38.3 Å². The molecule has 0 aromatic rings. The Kier molecular flexibility index (Phi) is 6.06. The molecule has 0 saturated heterocycles. The molecule has 0 atom stereocenters. The molecule has 0 spiro atoms. The van der Waals surface area contributed by atoms with E-state index in [2.05, 4.69) is 26.1 Å². The third-order valence-corrected chi connectivity index (χ3v) is 2.14. The van der Waals surface area contributed by atoms with Crippen molar-refractivity contribution in [2.24, 2.45) is 10.8 Å². The maximum absolute atomic E-state index is 10.7. The summed E-state index contributed by atoms with van der Waals surface area (Å²) in [6.45, 7) is 13.3. The zero-order valence-electron chi connectivity index (χ0n) is 10.7. The van der Waals surface area contributed by atoms with Crippen LogP contribution in [-0.2, 0) is 9.53 Å². The van der Waals surface area contributed by atoms with Gasteiger partial charge in [0, 0.05) is 17.4 Å².